The number of aromatic amines is 2. The van der Waals surface area contributed by atoms with Crippen LogP contribution in [0, 0.1) is 11.7 Å². The molecular weight excluding hydrogens is 517 g/mol. The monoisotopic (exact) mass is 545 g/mol. The van der Waals surface area contributed by atoms with Crippen molar-refractivity contribution < 1.29 is 9.18 Å². The summed E-state index contributed by atoms with van der Waals surface area (Å²) in [5.41, 5.74) is 6.78. The Morgan fingerprint density at radius 1 is 0.976 bits per heavy atom. The van der Waals surface area contributed by atoms with Crippen molar-refractivity contribution in [1.82, 2.24) is 30.1 Å². The first-order valence-corrected chi connectivity index (χ1v) is 14.0. The number of nitrogens with zero attached hydrogens (tertiary/aromatic N) is 4. The van der Waals surface area contributed by atoms with Gasteiger partial charge in [-0.15, -0.1) is 0 Å². The van der Waals surface area contributed by atoms with Gasteiger partial charge in [-0.05, 0) is 66.3 Å². The summed E-state index contributed by atoms with van der Waals surface area (Å²) in [4.78, 5) is 29.6. The Morgan fingerprint density at radius 2 is 1.88 bits per heavy atom. The van der Waals surface area contributed by atoms with E-state index in [4.69, 9.17) is 4.98 Å². The predicted octanol–water partition coefficient (Wildman–Crippen LogP) is 7.28. The highest BCUT2D eigenvalue weighted by Gasteiger charge is 2.19. The minimum Gasteiger partial charge on any atom is -0.335 e. The molecule has 0 bridgehead atoms. The van der Waals surface area contributed by atoms with E-state index in [1.165, 1.54) is 31.4 Å². The topological polar surface area (TPSA) is 112 Å². The van der Waals surface area contributed by atoms with Crippen molar-refractivity contribution in [3.05, 3.63) is 79.0 Å². The minimum atomic E-state index is -0.305. The molecule has 0 aliphatic heterocycles. The van der Waals surface area contributed by atoms with Gasteiger partial charge in [0.05, 0.1) is 22.9 Å². The maximum Gasteiger partial charge on any atom is 0.224 e. The van der Waals surface area contributed by atoms with Crippen LogP contribution in [0.4, 0.5) is 10.1 Å². The molecule has 0 atom stereocenters. The Kier molecular flexibility index (Phi) is 6.47. The summed E-state index contributed by atoms with van der Waals surface area (Å²) in [6, 6.07) is 16.2. The van der Waals surface area contributed by atoms with Crippen molar-refractivity contribution in [3.8, 4) is 33.8 Å². The van der Waals surface area contributed by atoms with Crippen molar-refractivity contribution in [3.63, 3.8) is 0 Å². The number of hydrogen-bond acceptors (Lipinski definition) is 5. The van der Waals surface area contributed by atoms with Gasteiger partial charge in [0.15, 0.2) is 11.5 Å². The quantitative estimate of drug-likeness (QED) is 0.204. The average Bonchev–Trinajstić information content (AvgIpc) is 3.61. The van der Waals surface area contributed by atoms with Crippen molar-refractivity contribution in [1.29, 1.82) is 0 Å². The van der Waals surface area contributed by atoms with E-state index in [2.05, 4.69) is 30.5 Å². The second-order valence-electron chi connectivity index (χ2n) is 10.7. The van der Waals surface area contributed by atoms with E-state index in [9.17, 15) is 9.18 Å². The van der Waals surface area contributed by atoms with Crippen LogP contribution in [0.15, 0.2) is 73.2 Å². The number of carbonyl (C=O) groups excluding carboxylic acids is 1. The van der Waals surface area contributed by atoms with E-state index in [0.717, 1.165) is 46.0 Å². The smallest absolute Gasteiger partial charge is 0.224 e. The lowest BCUT2D eigenvalue weighted by molar-refractivity contribution is -0.117. The predicted molar refractivity (Wildman–Crippen MR) is 157 cm³/mol. The first kappa shape index (κ1) is 25.1. The molecule has 2 aromatic carbocycles. The summed E-state index contributed by atoms with van der Waals surface area (Å²) >= 11 is 0. The third-order valence-electron chi connectivity index (χ3n) is 7.87. The van der Waals surface area contributed by atoms with Crippen LogP contribution in [-0.4, -0.2) is 36.0 Å². The zero-order valence-electron chi connectivity index (χ0n) is 22.3. The van der Waals surface area contributed by atoms with Gasteiger partial charge in [0.25, 0.3) is 0 Å². The molecule has 1 aliphatic rings. The zero-order valence-corrected chi connectivity index (χ0v) is 22.3. The van der Waals surface area contributed by atoms with Crippen LogP contribution in [0.2, 0.25) is 0 Å². The highest BCUT2D eigenvalue weighted by atomic mass is 19.1. The van der Waals surface area contributed by atoms with Crippen LogP contribution in [0.3, 0.4) is 0 Å². The van der Waals surface area contributed by atoms with Crippen molar-refractivity contribution in [2.45, 2.75) is 38.5 Å². The molecule has 204 valence electrons. The fraction of sp³-hybridized carbons (Fsp3) is 0.219. The first-order valence-electron chi connectivity index (χ1n) is 14.0. The Bertz CT molecular complexity index is 1890. The normalized spacial score (nSPS) is 14.1. The number of amides is 1. The molecular formula is C32H28FN7O. The van der Waals surface area contributed by atoms with Crippen molar-refractivity contribution >= 4 is 33.7 Å². The molecule has 1 amide bonds. The molecule has 0 radical (unpaired) electrons. The van der Waals surface area contributed by atoms with Gasteiger partial charge in [0, 0.05) is 35.3 Å². The number of rotatable bonds is 6. The number of nitrogens with one attached hydrogen (secondary N) is 3. The number of aromatic nitrogens is 6. The van der Waals surface area contributed by atoms with Crippen molar-refractivity contribution in [2.24, 2.45) is 5.92 Å². The van der Waals surface area contributed by atoms with Gasteiger partial charge < -0.3 is 10.3 Å². The third-order valence-corrected chi connectivity index (χ3v) is 7.87. The Hall–Kier alpha value is -4.92. The molecule has 3 N–H and O–H groups in total. The fourth-order valence-electron chi connectivity index (χ4n) is 5.83. The lowest BCUT2D eigenvalue weighted by atomic mass is 9.87. The van der Waals surface area contributed by atoms with E-state index in [-0.39, 0.29) is 11.7 Å². The number of halogens is 1. The molecule has 0 spiro atoms. The first-order chi connectivity index (χ1) is 20.1. The summed E-state index contributed by atoms with van der Waals surface area (Å²) in [5, 5.41) is 11.5. The number of imidazole rings is 1. The summed E-state index contributed by atoms with van der Waals surface area (Å²) in [6.45, 7) is 0. The van der Waals surface area contributed by atoms with E-state index in [1.54, 1.807) is 24.7 Å². The molecule has 8 nitrogen and oxygen atoms in total. The Morgan fingerprint density at radius 3 is 2.76 bits per heavy atom. The van der Waals surface area contributed by atoms with Gasteiger partial charge in [-0.2, -0.15) is 5.10 Å². The summed E-state index contributed by atoms with van der Waals surface area (Å²) < 4.78 is 13.9. The zero-order chi connectivity index (χ0) is 27.8. The largest absolute Gasteiger partial charge is 0.335 e. The molecule has 41 heavy (non-hydrogen) atoms. The molecule has 4 heterocycles. The van der Waals surface area contributed by atoms with Crippen LogP contribution in [0.25, 0.3) is 55.8 Å². The second kappa shape index (κ2) is 10.6. The van der Waals surface area contributed by atoms with E-state index in [1.807, 2.05) is 36.4 Å². The van der Waals surface area contributed by atoms with Crippen LogP contribution in [-0.2, 0) is 4.79 Å². The maximum atomic E-state index is 13.9. The molecule has 7 rings (SSSR count). The molecule has 6 aromatic rings. The van der Waals surface area contributed by atoms with E-state index in [0.29, 0.717) is 40.7 Å². The van der Waals surface area contributed by atoms with Gasteiger partial charge in [-0.3, -0.25) is 14.9 Å². The summed E-state index contributed by atoms with van der Waals surface area (Å²) in [6.07, 6.45) is 11.7. The lowest BCUT2D eigenvalue weighted by Crippen LogP contribution is -2.18. The van der Waals surface area contributed by atoms with Crippen LogP contribution in [0.1, 0.15) is 38.5 Å². The molecule has 1 aliphatic carbocycles. The number of H-pyrrole nitrogens is 2. The van der Waals surface area contributed by atoms with E-state index < -0.39 is 0 Å². The highest BCUT2D eigenvalue weighted by molar-refractivity contribution is 5.98. The molecule has 0 unspecified atom stereocenters. The average molecular weight is 546 g/mol. The Labute approximate surface area is 235 Å². The van der Waals surface area contributed by atoms with Gasteiger partial charge in [0.2, 0.25) is 5.91 Å². The van der Waals surface area contributed by atoms with Crippen LogP contribution < -0.4 is 5.32 Å². The molecule has 1 saturated carbocycles. The standard InChI is InChI=1S/C32H28FN7O/c33-23-8-4-7-21(14-23)25-11-12-35-31-29(25)37-32(38-31)30-26-16-20(9-10-27(26)39-40-30)22-15-24(18-34-17-22)36-28(41)13-19-5-2-1-3-6-19/h4,7-12,14-19H,1-3,5-6,13H2,(H,36,41)(H,39,40)(H,35,37,38). The maximum absolute atomic E-state index is 13.9. The number of benzene rings is 2. The van der Waals surface area contributed by atoms with Crippen molar-refractivity contribution in [2.75, 3.05) is 5.32 Å². The van der Waals surface area contributed by atoms with Gasteiger partial charge >= 0.3 is 0 Å². The lowest BCUT2D eigenvalue weighted by Gasteiger charge is -2.20. The second-order valence-corrected chi connectivity index (χ2v) is 10.7. The summed E-state index contributed by atoms with van der Waals surface area (Å²) in [5.74, 6) is 0.765. The van der Waals surface area contributed by atoms with Gasteiger partial charge in [0.1, 0.15) is 11.5 Å². The Balaban J connectivity index is 1.19. The molecule has 1 fully saturated rings. The molecule has 9 heteroatoms. The van der Waals surface area contributed by atoms with Gasteiger partial charge in [-0.25, -0.2) is 14.4 Å². The number of pyridine rings is 2. The number of fused-ring (bicyclic) bond motifs is 2. The molecule has 0 saturated heterocycles. The van der Waals surface area contributed by atoms with E-state index >= 15 is 0 Å². The molecule has 4 aromatic heterocycles. The third kappa shape index (κ3) is 5.06. The summed E-state index contributed by atoms with van der Waals surface area (Å²) in [7, 11) is 0. The highest BCUT2D eigenvalue weighted by Crippen LogP contribution is 2.33. The number of carbonyl (C=O) groups is 1. The SMILES string of the molecule is O=C(CC1CCCCC1)Nc1cncc(-c2ccc3[nH]nc(-c4nc5nccc(-c6cccc(F)c6)c5[nH]4)c3c2)c1. The number of anilines is 1. The van der Waals surface area contributed by atoms with Crippen LogP contribution in [0.5, 0.6) is 0 Å². The minimum absolute atomic E-state index is 0.0412. The fourth-order valence-corrected chi connectivity index (χ4v) is 5.83. The number of hydrogen-bond donors (Lipinski definition) is 3. The van der Waals surface area contributed by atoms with Crippen LogP contribution >= 0.6 is 0 Å². The van der Waals surface area contributed by atoms with Gasteiger partial charge in [-0.1, -0.05) is 37.5 Å².